The van der Waals surface area contributed by atoms with Crippen molar-refractivity contribution >= 4 is 17.6 Å². The molecule has 4 rings (SSSR count). The number of allylic oxidation sites excluding steroid dienone is 1. The van der Waals surface area contributed by atoms with Gasteiger partial charge >= 0.3 is 6.18 Å². The first-order valence-corrected chi connectivity index (χ1v) is 13.3. The van der Waals surface area contributed by atoms with Gasteiger partial charge in [-0.05, 0) is 51.1 Å². The molecule has 0 radical (unpaired) electrons. The third kappa shape index (κ3) is 5.79. The molecule has 1 aliphatic rings. The Bertz CT molecular complexity index is 1550. The lowest BCUT2D eigenvalue weighted by Gasteiger charge is -2.33. The van der Waals surface area contributed by atoms with Gasteiger partial charge in [-0.15, -0.1) is 0 Å². The van der Waals surface area contributed by atoms with Crippen LogP contribution in [0.1, 0.15) is 47.1 Å². The molecule has 3 aromatic carbocycles. The van der Waals surface area contributed by atoms with Crippen LogP contribution in [0, 0.1) is 0 Å². The first kappa shape index (κ1) is 31.1. The van der Waals surface area contributed by atoms with Gasteiger partial charge in [0.2, 0.25) is 5.54 Å². The number of methoxy groups -OCH3 is 2. The monoisotopic (exact) mass is 596 g/mol. The highest BCUT2D eigenvalue weighted by Gasteiger charge is 2.70. The number of alkyl halides is 3. The van der Waals surface area contributed by atoms with Crippen LogP contribution in [0.2, 0.25) is 0 Å². The predicted octanol–water partition coefficient (Wildman–Crippen LogP) is 5.72. The highest BCUT2D eigenvalue weighted by Crippen LogP contribution is 2.47. The molecule has 3 aromatic rings. The molecule has 0 saturated heterocycles. The number of ether oxygens (including phenoxy) is 3. The minimum atomic E-state index is -5.41. The third-order valence-corrected chi connectivity index (χ3v) is 7.00. The molecule has 0 saturated carbocycles. The summed E-state index contributed by atoms with van der Waals surface area (Å²) in [5.41, 5.74) is -4.76. The normalized spacial score (nSPS) is 16.9. The number of carbonyl (C=O) groups is 3. The molecular formula is C32H31F3N2O6. The van der Waals surface area contributed by atoms with Crippen molar-refractivity contribution in [3.63, 3.8) is 0 Å². The number of ketones is 1. The topological polar surface area (TPSA) is 94.2 Å². The lowest BCUT2D eigenvalue weighted by Crippen LogP contribution is -2.66. The van der Waals surface area contributed by atoms with Crippen molar-refractivity contribution in [2.45, 2.75) is 45.1 Å². The highest BCUT2D eigenvalue weighted by atomic mass is 19.4. The summed E-state index contributed by atoms with van der Waals surface area (Å²) in [5.74, 6) is -2.87. The summed E-state index contributed by atoms with van der Waals surface area (Å²) < 4.78 is 62.2. The molecule has 0 aliphatic carbocycles. The van der Waals surface area contributed by atoms with Gasteiger partial charge in [-0.25, -0.2) is 0 Å². The lowest BCUT2D eigenvalue weighted by atomic mass is 9.84. The van der Waals surface area contributed by atoms with Crippen LogP contribution < -0.4 is 19.5 Å². The second-order valence-corrected chi connectivity index (χ2v) is 10.1. The molecule has 1 atom stereocenters. The van der Waals surface area contributed by atoms with Crippen LogP contribution in [0.3, 0.4) is 0 Å². The largest absolute Gasteiger partial charge is 0.493 e. The molecule has 11 heteroatoms. The summed E-state index contributed by atoms with van der Waals surface area (Å²) in [5, 5.41) is 1.93. The molecule has 0 spiro atoms. The summed E-state index contributed by atoms with van der Waals surface area (Å²) >= 11 is 0. The Morgan fingerprint density at radius 3 is 2.12 bits per heavy atom. The van der Waals surface area contributed by atoms with Crippen LogP contribution in [0.4, 0.5) is 13.2 Å². The number of rotatable bonds is 10. The van der Waals surface area contributed by atoms with E-state index in [1.54, 1.807) is 38.1 Å². The molecule has 43 heavy (non-hydrogen) atoms. The van der Waals surface area contributed by atoms with Gasteiger partial charge in [0.15, 0.2) is 17.3 Å². The maximum Gasteiger partial charge on any atom is 0.425 e. The van der Waals surface area contributed by atoms with Crippen LogP contribution in [0.25, 0.3) is 0 Å². The fourth-order valence-corrected chi connectivity index (χ4v) is 5.02. The van der Waals surface area contributed by atoms with Crippen LogP contribution >= 0.6 is 0 Å². The number of halogens is 3. The number of carbonyl (C=O) groups excluding carboxylic acids is 3. The van der Waals surface area contributed by atoms with E-state index in [0.29, 0.717) is 17.1 Å². The number of Topliss-reactive ketones (excluding diaryl/α,β-unsaturated/α-hetero) is 1. The minimum Gasteiger partial charge on any atom is -0.493 e. The molecule has 2 amide bonds. The summed E-state index contributed by atoms with van der Waals surface area (Å²) in [7, 11) is 2.76. The van der Waals surface area contributed by atoms with Crippen molar-refractivity contribution in [3.8, 4) is 17.2 Å². The molecule has 0 bridgehead atoms. The van der Waals surface area contributed by atoms with Crippen molar-refractivity contribution in [2.75, 3.05) is 14.2 Å². The number of amides is 2. The fourth-order valence-electron chi connectivity index (χ4n) is 5.02. The maximum atomic E-state index is 15.3. The highest BCUT2D eigenvalue weighted by molar-refractivity contribution is 6.19. The number of nitrogens with one attached hydrogen (secondary N) is 1. The van der Waals surface area contributed by atoms with E-state index in [1.165, 1.54) is 69.7 Å². The van der Waals surface area contributed by atoms with E-state index >= 15 is 13.2 Å². The maximum absolute atomic E-state index is 15.3. The summed E-state index contributed by atoms with van der Waals surface area (Å²) in [6.07, 6.45) is -5.58. The Hall–Kier alpha value is -4.80. The van der Waals surface area contributed by atoms with E-state index in [0.717, 1.165) is 4.90 Å². The van der Waals surface area contributed by atoms with Crippen LogP contribution in [0.5, 0.6) is 17.2 Å². The van der Waals surface area contributed by atoms with Gasteiger partial charge in [-0.2, -0.15) is 13.2 Å². The van der Waals surface area contributed by atoms with Gasteiger partial charge < -0.3 is 24.4 Å². The minimum absolute atomic E-state index is 0.0801. The molecule has 8 nitrogen and oxygen atoms in total. The molecule has 0 fully saturated rings. The summed E-state index contributed by atoms with van der Waals surface area (Å²) in [6.45, 7) is 4.45. The van der Waals surface area contributed by atoms with Crippen LogP contribution in [-0.2, 0) is 11.3 Å². The molecule has 1 unspecified atom stereocenters. The fraction of sp³-hybridized carbons (Fsp3) is 0.281. The van der Waals surface area contributed by atoms with E-state index in [1.807, 2.05) is 5.32 Å². The van der Waals surface area contributed by atoms with Gasteiger partial charge in [-0.3, -0.25) is 14.4 Å². The third-order valence-electron chi connectivity index (χ3n) is 7.00. The number of para-hydroxylation sites is 1. The smallest absolute Gasteiger partial charge is 0.425 e. The van der Waals surface area contributed by atoms with Crippen LogP contribution in [-0.4, -0.2) is 54.5 Å². The molecule has 226 valence electrons. The molecule has 1 heterocycles. The molecule has 1 aliphatic heterocycles. The average Bonchev–Trinajstić information content (AvgIpc) is 3.18. The van der Waals surface area contributed by atoms with Gasteiger partial charge in [0.05, 0.1) is 32.4 Å². The lowest BCUT2D eigenvalue weighted by molar-refractivity contribution is -0.189. The first-order valence-electron chi connectivity index (χ1n) is 13.3. The van der Waals surface area contributed by atoms with Gasteiger partial charge in [0, 0.05) is 22.4 Å². The molecule has 1 N–H and O–H groups in total. The zero-order valence-corrected chi connectivity index (χ0v) is 24.2. The van der Waals surface area contributed by atoms with Gasteiger partial charge in [0.1, 0.15) is 5.75 Å². The number of benzene rings is 3. The Balaban J connectivity index is 1.86. The molecule has 0 aromatic heterocycles. The van der Waals surface area contributed by atoms with E-state index in [2.05, 4.69) is 0 Å². The standard InChI is InChI=1S/C32H31F3N2O6/c1-19(2)43-24-16-14-22(15-17-24)29(39)36-31(32(33,34)35)26(27(38)21-10-7-6-8-11-21)20(3)37(30(31)40)18-23-12-9-13-25(41-4)28(23)42-5/h6-17,19H,18H2,1-5H3,(H,36,39). The van der Waals surface area contributed by atoms with Gasteiger partial charge in [-0.1, -0.05) is 42.5 Å². The SMILES string of the molecule is COc1cccc(CN2C(=O)C(NC(=O)c3ccc(OC(C)C)cc3)(C(F)(F)F)C(C(=O)c3ccccc3)=C2C)c1OC. The summed E-state index contributed by atoms with van der Waals surface area (Å²) in [4.78, 5) is 42.1. The number of nitrogens with zero attached hydrogens (tertiary/aromatic N) is 1. The van der Waals surface area contributed by atoms with Crippen molar-refractivity contribution < 1.29 is 41.8 Å². The second kappa shape index (κ2) is 12.2. The quantitative estimate of drug-likeness (QED) is 0.301. The Morgan fingerprint density at radius 2 is 1.56 bits per heavy atom. The zero-order valence-electron chi connectivity index (χ0n) is 24.2. The van der Waals surface area contributed by atoms with E-state index in [4.69, 9.17) is 14.2 Å². The Kier molecular flexibility index (Phi) is 8.84. The van der Waals surface area contributed by atoms with Gasteiger partial charge in [0.25, 0.3) is 11.8 Å². The van der Waals surface area contributed by atoms with Crippen molar-refractivity contribution in [3.05, 3.63) is 101 Å². The van der Waals surface area contributed by atoms with Crippen molar-refractivity contribution in [1.82, 2.24) is 10.2 Å². The Labute approximate surface area is 247 Å². The number of hydrogen-bond acceptors (Lipinski definition) is 6. The van der Waals surface area contributed by atoms with Crippen molar-refractivity contribution in [2.24, 2.45) is 0 Å². The van der Waals surface area contributed by atoms with E-state index in [-0.39, 0.29) is 28.7 Å². The van der Waals surface area contributed by atoms with E-state index < -0.39 is 41.4 Å². The second-order valence-electron chi connectivity index (χ2n) is 10.1. The first-order chi connectivity index (χ1) is 20.3. The summed E-state index contributed by atoms with van der Waals surface area (Å²) in [6, 6.07) is 17.5. The molecular weight excluding hydrogens is 565 g/mol. The average molecular weight is 597 g/mol. The van der Waals surface area contributed by atoms with Crippen molar-refractivity contribution in [1.29, 1.82) is 0 Å². The zero-order chi connectivity index (χ0) is 31.5. The Morgan fingerprint density at radius 1 is 0.907 bits per heavy atom. The van der Waals surface area contributed by atoms with E-state index in [9.17, 15) is 14.4 Å². The predicted molar refractivity (Wildman–Crippen MR) is 152 cm³/mol. The van der Waals surface area contributed by atoms with Crippen LogP contribution in [0.15, 0.2) is 84.1 Å². The number of hydrogen-bond donors (Lipinski definition) is 1.